The summed E-state index contributed by atoms with van der Waals surface area (Å²) in [6.07, 6.45) is -4.74. The molecule has 1 N–H and O–H groups in total. The van der Waals surface area contributed by atoms with Gasteiger partial charge in [0, 0.05) is 13.1 Å². The molecule has 0 saturated carbocycles. The molecule has 8 heteroatoms. The lowest BCUT2D eigenvalue weighted by Crippen LogP contribution is -2.46. The minimum atomic E-state index is -4.31. The van der Waals surface area contributed by atoms with E-state index in [1.54, 1.807) is 0 Å². The molecule has 1 fully saturated rings. The Balaban J connectivity index is 2.57. The van der Waals surface area contributed by atoms with Gasteiger partial charge in [-0.15, -0.1) is 0 Å². The number of nitrogens with one attached hydrogen (secondary N) is 1. The molecule has 90 valence electrons. The minimum absolute atomic E-state index is 0.125. The molecule has 15 heavy (non-hydrogen) atoms. The molecule has 1 heterocycles. The summed E-state index contributed by atoms with van der Waals surface area (Å²) in [7, 11) is -3.70. The number of piperidine rings is 1. The highest BCUT2D eigenvalue weighted by Gasteiger charge is 2.43. The lowest BCUT2D eigenvalue weighted by molar-refractivity contribution is -0.183. The topological polar surface area (TPSA) is 55.4 Å². The van der Waals surface area contributed by atoms with Gasteiger partial charge in [-0.25, -0.2) is 0 Å². The fourth-order valence-electron chi connectivity index (χ4n) is 1.47. The molecule has 0 aliphatic carbocycles. The van der Waals surface area contributed by atoms with Gasteiger partial charge in [0.1, 0.15) is 0 Å². The maximum Gasteiger partial charge on any atom is 0.393 e. The molecule has 0 unspecified atom stereocenters. The zero-order valence-electron chi connectivity index (χ0n) is 8.04. The van der Waals surface area contributed by atoms with Crippen LogP contribution in [0.3, 0.4) is 0 Å². The van der Waals surface area contributed by atoms with Crippen LogP contribution >= 0.6 is 0 Å². The summed E-state index contributed by atoms with van der Waals surface area (Å²) in [5, 5.41) is 2.50. The zero-order chi connectivity index (χ0) is 11.7. The Labute approximate surface area is 85.9 Å². The van der Waals surface area contributed by atoms with Crippen LogP contribution in [0.15, 0.2) is 0 Å². The molecule has 0 amide bonds. The summed E-state index contributed by atoms with van der Waals surface area (Å²) in [6, 6.07) is 0. The molecule has 2 atom stereocenters. The molecule has 0 spiro atoms. The number of halogens is 3. The Morgan fingerprint density at radius 2 is 1.93 bits per heavy atom. The van der Waals surface area contributed by atoms with Crippen LogP contribution < -0.4 is 5.32 Å². The maximum atomic E-state index is 12.3. The number of rotatable bonds is 2. The summed E-state index contributed by atoms with van der Waals surface area (Å²) in [5.41, 5.74) is 0. The first-order chi connectivity index (χ1) is 6.68. The van der Waals surface area contributed by atoms with Gasteiger partial charge in [-0.2, -0.15) is 21.6 Å². The van der Waals surface area contributed by atoms with Crippen molar-refractivity contribution >= 4 is 10.1 Å². The fourth-order valence-corrected chi connectivity index (χ4v) is 2.11. The molecule has 1 rings (SSSR count). The Hall–Kier alpha value is -0.340. The van der Waals surface area contributed by atoms with Gasteiger partial charge in [0.05, 0.1) is 18.3 Å². The predicted molar refractivity (Wildman–Crippen MR) is 46.7 cm³/mol. The third kappa shape index (κ3) is 4.35. The Bertz CT molecular complexity index is 314. The highest BCUT2D eigenvalue weighted by Crippen LogP contribution is 2.31. The maximum absolute atomic E-state index is 12.3. The second-order valence-electron chi connectivity index (χ2n) is 3.55. The van der Waals surface area contributed by atoms with Gasteiger partial charge in [0.2, 0.25) is 0 Å². The molecule has 1 saturated heterocycles. The number of hydrogen-bond donors (Lipinski definition) is 1. The van der Waals surface area contributed by atoms with E-state index in [-0.39, 0.29) is 19.5 Å². The van der Waals surface area contributed by atoms with Gasteiger partial charge in [-0.05, 0) is 6.42 Å². The largest absolute Gasteiger partial charge is 0.393 e. The van der Waals surface area contributed by atoms with Crippen LogP contribution in [-0.2, 0) is 14.3 Å². The van der Waals surface area contributed by atoms with Gasteiger partial charge < -0.3 is 5.32 Å². The third-order valence-corrected chi connectivity index (χ3v) is 2.71. The highest BCUT2D eigenvalue weighted by atomic mass is 32.2. The molecule has 0 aromatic carbocycles. The standard InChI is InChI=1S/C7H12F3NO3S/c1-15(12,13)14-6-2-5(3-11-4-6)7(8,9)10/h5-6,11H,2-4H2,1H3/t5-,6+/m1/s1. The first-order valence-electron chi connectivity index (χ1n) is 4.34. The van der Waals surface area contributed by atoms with E-state index in [9.17, 15) is 21.6 Å². The zero-order valence-corrected chi connectivity index (χ0v) is 8.86. The SMILES string of the molecule is CS(=O)(=O)O[C@@H]1CNC[C@H](C(F)(F)F)C1. The average Bonchev–Trinajstić information content (AvgIpc) is 1.99. The molecule has 1 aliphatic heterocycles. The summed E-state index contributed by atoms with van der Waals surface area (Å²) >= 11 is 0. The summed E-state index contributed by atoms with van der Waals surface area (Å²) < 4.78 is 62.9. The van der Waals surface area contributed by atoms with E-state index in [4.69, 9.17) is 0 Å². The predicted octanol–water partition coefficient (Wildman–Crippen LogP) is 0.503. The van der Waals surface area contributed by atoms with Crippen molar-refractivity contribution in [1.82, 2.24) is 5.32 Å². The molecular formula is C7H12F3NO3S. The van der Waals surface area contributed by atoms with Crippen LogP contribution in [0.5, 0.6) is 0 Å². The lowest BCUT2D eigenvalue weighted by atomic mass is 9.97. The van der Waals surface area contributed by atoms with Crippen molar-refractivity contribution in [3.63, 3.8) is 0 Å². The number of hydrogen-bond acceptors (Lipinski definition) is 4. The molecule has 1 aliphatic rings. The molecule has 0 radical (unpaired) electrons. The van der Waals surface area contributed by atoms with Gasteiger partial charge in [-0.1, -0.05) is 0 Å². The van der Waals surface area contributed by atoms with Gasteiger partial charge in [0.25, 0.3) is 10.1 Å². The molecule has 0 aromatic heterocycles. The van der Waals surface area contributed by atoms with E-state index in [2.05, 4.69) is 9.50 Å². The van der Waals surface area contributed by atoms with Gasteiger partial charge >= 0.3 is 6.18 Å². The summed E-state index contributed by atoms with van der Waals surface area (Å²) in [5.74, 6) is -1.54. The smallest absolute Gasteiger partial charge is 0.313 e. The second-order valence-corrected chi connectivity index (χ2v) is 5.16. The third-order valence-electron chi connectivity index (χ3n) is 2.08. The van der Waals surface area contributed by atoms with Crippen molar-refractivity contribution in [3.05, 3.63) is 0 Å². The van der Waals surface area contributed by atoms with E-state index >= 15 is 0 Å². The Morgan fingerprint density at radius 3 is 2.40 bits per heavy atom. The summed E-state index contributed by atoms with van der Waals surface area (Å²) in [4.78, 5) is 0. The average molecular weight is 247 g/mol. The van der Waals surface area contributed by atoms with Crippen LogP contribution in [0.2, 0.25) is 0 Å². The van der Waals surface area contributed by atoms with Crippen molar-refractivity contribution in [2.75, 3.05) is 19.3 Å². The lowest BCUT2D eigenvalue weighted by Gasteiger charge is -2.30. The normalized spacial score (nSPS) is 29.1. The number of alkyl halides is 3. The van der Waals surface area contributed by atoms with E-state index in [0.29, 0.717) is 0 Å². The Morgan fingerprint density at radius 1 is 1.33 bits per heavy atom. The van der Waals surface area contributed by atoms with Crippen LogP contribution in [-0.4, -0.2) is 40.0 Å². The minimum Gasteiger partial charge on any atom is -0.313 e. The van der Waals surface area contributed by atoms with Crippen LogP contribution in [0.1, 0.15) is 6.42 Å². The molecular weight excluding hydrogens is 235 g/mol. The van der Waals surface area contributed by atoms with Crippen molar-refractivity contribution in [2.45, 2.75) is 18.7 Å². The molecule has 0 aromatic rings. The van der Waals surface area contributed by atoms with Crippen LogP contribution in [0, 0.1) is 5.92 Å². The van der Waals surface area contributed by atoms with Crippen LogP contribution in [0.4, 0.5) is 13.2 Å². The molecule has 0 bridgehead atoms. The van der Waals surface area contributed by atoms with E-state index in [1.807, 2.05) is 0 Å². The fraction of sp³-hybridized carbons (Fsp3) is 1.00. The molecule has 4 nitrogen and oxygen atoms in total. The second kappa shape index (κ2) is 4.26. The van der Waals surface area contributed by atoms with E-state index < -0.39 is 28.3 Å². The quantitative estimate of drug-likeness (QED) is 0.722. The van der Waals surface area contributed by atoms with Crippen molar-refractivity contribution in [2.24, 2.45) is 5.92 Å². The highest BCUT2D eigenvalue weighted by molar-refractivity contribution is 7.86. The van der Waals surface area contributed by atoms with E-state index in [0.717, 1.165) is 6.26 Å². The first kappa shape index (κ1) is 12.7. The summed E-state index contributed by atoms with van der Waals surface area (Å²) in [6.45, 7) is -0.0627. The van der Waals surface area contributed by atoms with Gasteiger partial charge in [-0.3, -0.25) is 4.18 Å². The van der Waals surface area contributed by atoms with Crippen molar-refractivity contribution < 1.29 is 25.8 Å². The first-order valence-corrected chi connectivity index (χ1v) is 6.16. The van der Waals surface area contributed by atoms with Gasteiger partial charge in [0.15, 0.2) is 0 Å². The van der Waals surface area contributed by atoms with Crippen molar-refractivity contribution in [3.8, 4) is 0 Å². The Kier molecular flexibility index (Phi) is 3.62. The monoisotopic (exact) mass is 247 g/mol. The van der Waals surface area contributed by atoms with Crippen molar-refractivity contribution in [1.29, 1.82) is 0 Å². The van der Waals surface area contributed by atoms with E-state index in [1.165, 1.54) is 0 Å². The van der Waals surface area contributed by atoms with Crippen LogP contribution in [0.25, 0.3) is 0 Å².